The van der Waals surface area contributed by atoms with Gasteiger partial charge in [0.2, 0.25) is 12.7 Å². The third-order valence-electron chi connectivity index (χ3n) is 3.92. The maximum atomic E-state index is 12.2. The lowest BCUT2D eigenvalue weighted by Gasteiger charge is -2.45. The normalized spacial score (nSPS) is 23.1. The zero-order valence-electron chi connectivity index (χ0n) is 11.2. The minimum Gasteiger partial charge on any atom is -0.454 e. The first kappa shape index (κ1) is 12.2. The molecule has 0 saturated carbocycles. The predicted molar refractivity (Wildman–Crippen MR) is 77.2 cm³/mol. The number of nitrogens with zero attached hydrogens (tertiary/aromatic N) is 1. The average Bonchev–Trinajstić information content (AvgIpc) is 2.99. The van der Waals surface area contributed by atoms with Crippen LogP contribution in [0, 0.1) is 0 Å². The van der Waals surface area contributed by atoms with Gasteiger partial charge in [-0.15, -0.1) is 0 Å². The molecular formula is C16H14N2O3. The van der Waals surface area contributed by atoms with Crippen molar-refractivity contribution in [1.29, 1.82) is 0 Å². The second-order valence-corrected chi connectivity index (χ2v) is 5.13. The number of nitrogens with two attached hydrogens (primary N) is 1. The van der Waals surface area contributed by atoms with Crippen LogP contribution >= 0.6 is 0 Å². The fourth-order valence-electron chi connectivity index (χ4n) is 2.84. The summed E-state index contributed by atoms with van der Waals surface area (Å²) in [5.74, 6) is 1.28. The van der Waals surface area contributed by atoms with Crippen LogP contribution in [0.5, 0.6) is 11.5 Å². The standard InChI is InChI=1S/C16H14N2O3/c17-14-15(10-4-2-1-3-5-10)18(16(14)19)11-6-7-12-13(8-11)21-9-20-12/h1-8,14-15H,9,17H2/t14-,15-/m1/s1. The molecule has 0 unspecified atom stereocenters. The summed E-state index contributed by atoms with van der Waals surface area (Å²) < 4.78 is 10.7. The molecule has 1 fully saturated rings. The maximum Gasteiger partial charge on any atom is 0.247 e. The Hall–Kier alpha value is -2.53. The number of rotatable bonds is 2. The van der Waals surface area contributed by atoms with E-state index in [2.05, 4.69) is 0 Å². The first-order chi connectivity index (χ1) is 10.3. The van der Waals surface area contributed by atoms with Gasteiger partial charge in [-0.1, -0.05) is 30.3 Å². The second-order valence-electron chi connectivity index (χ2n) is 5.13. The largest absolute Gasteiger partial charge is 0.454 e. The van der Waals surface area contributed by atoms with Crippen LogP contribution in [0.25, 0.3) is 0 Å². The van der Waals surface area contributed by atoms with Crippen molar-refractivity contribution in [3.63, 3.8) is 0 Å². The summed E-state index contributed by atoms with van der Waals surface area (Å²) in [6.07, 6.45) is 0. The number of β-lactam (4-membered cyclic amide) rings is 1. The van der Waals surface area contributed by atoms with Gasteiger partial charge in [0.15, 0.2) is 11.5 Å². The van der Waals surface area contributed by atoms with Crippen molar-refractivity contribution >= 4 is 11.6 Å². The number of hydrogen-bond acceptors (Lipinski definition) is 4. The van der Waals surface area contributed by atoms with Gasteiger partial charge < -0.3 is 20.1 Å². The zero-order chi connectivity index (χ0) is 14.4. The molecule has 5 nitrogen and oxygen atoms in total. The van der Waals surface area contributed by atoms with Gasteiger partial charge in [0, 0.05) is 11.8 Å². The molecule has 0 radical (unpaired) electrons. The molecule has 2 heterocycles. The van der Waals surface area contributed by atoms with E-state index in [-0.39, 0.29) is 18.7 Å². The van der Waals surface area contributed by atoms with Crippen molar-refractivity contribution in [2.45, 2.75) is 12.1 Å². The SMILES string of the molecule is N[C@H]1C(=O)N(c2ccc3c(c2)OCO3)[C@@H]1c1ccccc1. The molecule has 0 spiro atoms. The van der Waals surface area contributed by atoms with Gasteiger partial charge in [-0.2, -0.15) is 0 Å². The van der Waals surface area contributed by atoms with Gasteiger partial charge in [-0.3, -0.25) is 4.79 Å². The number of amides is 1. The molecule has 0 bridgehead atoms. The fourth-order valence-corrected chi connectivity index (χ4v) is 2.84. The Labute approximate surface area is 121 Å². The Bertz CT molecular complexity index is 702. The Kier molecular flexibility index (Phi) is 2.62. The van der Waals surface area contributed by atoms with Gasteiger partial charge in [0.05, 0.1) is 6.04 Å². The number of fused-ring (bicyclic) bond motifs is 1. The second kappa shape index (κ2) is 4.49. The molecule has 2 aliphatic heterocycles. The van der Waals surface area contributed by atoms with E-state index >= 15 is 0 Å². The van der Waals surface area contributed by atoms with Crippen LogP contribution in [0.15, 0.2) is 48.5 Å². The van der Waals surface area contributed by atoms with Crippen molar-refractivity contribution in [3.05, 3.63) is 54.1 Å². The summed E-state index contributed by atoms with van der Waals surface area (Å²) >= 11 is 0. The Morgan fingerprint density at radius 1 is 1.05 bits per heavy atom. The van der Waals surface area contributed by atoms with Crippen LogP contribution in [0.1, 0.15) is 11.6 Å². The molecule has 2 aliphatic rings. The summed E-state index contributed by atoms with van der Waals surface area (Å²) in [4.78, 5) is 13.9. The van der Waals surface area contributed by atoms with E-state index in [1.54, 1.807) is 4.90 Å². The molecule has 2 atom stereocenters. The summed E-state index contributed by atoms with van der Waals surface area (Å²) in [5.41, 5.74) is 7.80. The summed E-state index contributed by atoms with van der Waals surface area (Å²) in [7, 11) is 0. The van der Waals surface area contributed by atoms with E-state index in [1.165, 1.54) is 0 Å². The van der Waals surface area contributed by atoms with E-state index < -0.39 is 6.04 Å². The number of carbonyl (C=O) groups excluding carboxylic acids is 1. The molecule has 4 rings (SSSR count). The predicted octanol–water partition coefficient (Wildman–Crippen LogP) is 1.83. The van der Waals surface area contributed by atoms with Crippen molar-refractivity contribution in [3.8, 4) is 11.5 Å². The van der Waals surface area contributed by atoms with Crippen molar-refractivity contribution < 1.29 is 14.3 Å². The minimum atomic E-state index is -0.502. The van der Waals surface area contributed by atoms with Gasteiger partial charge >= 0.3 is 0 Å². The average molecular weight is 282 g/mol. The van der Waals surface area contributed by atoms with Crippen LogP contribution < -0.4 is 20.1 Å². The molecule has 1 amide bonds. The number of hydrogen-bond donors (Lipinski definition) is 1. The molecule has 106 valence electrons. The highest BCUT2D eigenvalue weighted by molar-refractivity contribution is 6.05. The van der Waals surface area contributed by atoms with Crippen LogP contribution in [-0.4, -0.2) is 18.7 Å². The van der Waals surface area contributed by atoms with Gasteiger partial charge in [0.25, 0.3) is 0 Å². The van der Waals surface area contributed by atoms with Crippen molar-refractivity contribution in [2.24, 2.45) is 5.73 Å². The Morgan fingerprint density at radius 3 is 2.62 bits per heavy atom. The van der Waals surface area contributed by atoms with E-state index in [1.807, 2.05) is 48.5 Å². The molecule has 5 heteroatoms. The Balaban J connectivity index is 1.71. The smallest absolute Gasteiger partial charge is 0.247 e. The van der Waals surface area contributed by atoms with E-state index in [0.717, 1.165) is 11.3 Å². The summed E-state index contributed by atoms with van der Waals surface area (Å²) in [6, 6.07) is 14.7. The number of ether oxygens (including phenoxy) is 2. The monoisotopic (exact) mass is 282 g/mol. The topological polar surface area (TPSA) is 64.8 Å². The lowest BCUT2D eigenvalue weighted by molar-refractivity contribution is -0.126. The lowest BCUT2D eigenvalue weighted by Crippen LogP contribution is -2.63. The highest BCUT2D eigenvalue weighted by atomic mass is 16.7. The first-order valence-corrected chi connectivity index (χ1v) is 6.79. The van der Waals surface area contributed by atoms with Gasteiger partial charge in [0.1, 0.15) is 6.04 Å². The lowest BCUT2D eigenvalue weighted by atomic mass is 9.88. The molecule has 1 saturated heterocycles. The molecule has 0 aliphatic carbocycles. The minimum absolute atomic E-state index is 0.0808. The molecule has 0 aromatic heterocycles. The molecular weight excluding hydrogens is 268 g/mol. The van der Waals surface area contributed by atoms with Crippen LogP contribution in [0.4, 0.5) is 5.69 Å². The summed E-state index contributed by atoms with van der Waals surface area (Å²) in [5, 5.41) is 0. The zero-order valence-corrected chi connectivity index (χ0v) is 11.2. The number of anilines is 1. The highest BCUT2D eigenvalue weighted by Gasteiger charge is 2.46. The number of carbonyl (C=O) groups is 1. The quantitative estimate of drug-likeness (QED) is 0.853. The molecule has 21 heavy (non-hydrogen) atoms. The highest BCUT2D eigenvalue weighted by Crippen LogP contribution is 2.42. The molecule has 2 N–H and O–H groups in total. The van der Waals surface area contributed by atoms with Crippen LogP contribution in [0.2, 0.25) is 0 Å². The van der Waals surface area contributed by atoms with Gasteiger partial charge in [-0.25, -0.2) is 0 Å². The van der Waals surface area contributed by atoms with Crippen LogP contribution in [-0.2, 0) is 4.79 Å². The van der Waals surface area contributed by atoms with E-state index in [9.17, 15) is 4.79 Å². The van der Waals surface area contributed by atoms with Crippen molar-refractivity contribution in [2.75, 3.05) is 11.7 Å². The third kappa shape index (κ3) is 1.78. The van der Waals surface area contributed by atoms with E-state index in [0.29, 0.717) is 11.5 Å². The fraction of sp³-hybridized carbons (Fsp3) is 0.188. The summed E-state index contributed by atoms with van der Waals surface area (Å²) in [6.45, 7) is 0.217. The molecule has 2 aromatic carbocycles. The molecule has 2 aromatic rings. The number of benzene rings is 2. The Morgan fingerprint density at radius 2 is 1.81 bits per heavy atom. The third-order valence-corrected chi connectivity index (χ3v) is 3.92. The van der Waals surface area contributed by atoms with Crippen molar-refractivity contribution in [1.82, 2.24) is 0 Å². The van der Waals surface area contributed by atoms with Gasteiger partial charge in [-0.05, 0) is 17.7 Å². The maximum absolute atomic E-state index is 12.2. The van der Waals surface area contributed by atoms with E-state index in [4.69, 9.17) is 15.2 Å². The van der Waals surface area contributed by atoms with Crippen LogP contribution in [0.3, 0.4) is 0 Å². The first-order valence-electron chi connectivity index (χ1n) is 6.79.